The third-order valence-electron chi connectivity index (χ3n) is 2.78. The SMILES string of the molecule is CS(=O)(=O)c1cccc(NC(=O)c2ccc(Br)c(N)c2)c1. The molecule has 0 aromatic heterocycles. The Labute approximate surface area is 131 Å². The van der Waals surface area contributed by atoms with Gasteiger partial charge in [0.1, 0.15) is 0 Å². The van der Waals surface area contributed by atoms with Crippen molar-refractivity contribution in [2.45, 2.75) is 4.90 Å². The van der Waals surface area contributed by atoms with Crippen molar-refractivity contribution < 1.29 is 13.2 Å². The molecule has 0 unspecified atom stereocenters. The Balaban J connectivity index is 2.25. The first kappa shape index (κ1) is 15.5. The number of hydrogen-bond donors (Lipinski definition) is 2. The van der Waals surface area contributed by atoms with Crippen LogP contribution in [0.4, 0.5) is 11.4 Å². The van der Waals surface area contributed by atoms with Crippen LogP contribution in [0.2, 0.25) is 0 Å². The highest BCUT2D eigenvalue weighted by atomic mass is 79.9. The van der Waals surface area contributed by atoms with Crippen molar-refractivity contribution in [2.75, 3.05) is 17.3 Å². The van der Waals surface area contributed by atoms with Crippen LogP contribution < -0.4 is 11.1 Å². The van der Waals surface area contributed by atoms with E-state index < -0.39 is 9.84 Å². The summed E-state index contributed by atoms with van der Waals surface area (Å²) in [5.74, 6) is -0.361. The van der Waals surface area contributed by atoms with Crippen LogP contribution in [0.5, 0.6) is 0 Å². The molecule has 0 heterocycles. The standard InChI is InChI=1S/C14H13BrN2O3S/c1-21(19,20)11-4-2-3-10(8-11)17-14(18)9-5-6-12(15)13(16)7-9/h2-8H,16H2,1H3,(H,17,18). The number of nitrogens with two attached hydrogens (primary N) is 1. The number of carbonyl (C=O) groups excluding carboxylic acids is 1. The van der Waals surface area contributed by atoms with Crippen LogP contribution in [-0.4, -0.2) is 20.6 Å². The van der Waals surface area contributed by atoms with Crippen LogP contribution in [0, 0.1) is 0 Å². The van der Waals surface area contributed by atoms with Gasteiger partial charge in [0, 0.05) is 27.7 Å². The summed E-state index contributed by atoms with van der Waals surface area (Å²) in [6, 6.07) is 10.9. The summed E-state index contributed by atoms with van der Waals surface area (Å²) >= 11 is 3.25. The average Bonchev–Trinajstić information content (AvgIpc) is 2.41. The summed E-state index contributed by atoms with van der Waals surface area (Å²) in [6.45, 7) is 0. The zero-order chi connectivity index (χ0) is 15.6. The number of nitrogen functional groups attached to an aromatic ring is 1. The fraction of sp³-hybridized carbons (Fsp3) is 0.0714. The molecule has 7 heteroatoms. The van der Waals surface area contributed by atoms with E-state index in [0.29, 0.717) is 21.4 Å². The van der Waals surface area contributed by atoms with Crippen LogP contribution in [0.1, 0.15) is 10.4 Å². The van der Waals surface area contributed by atoms with E-state index in [1.807, 2.05) is 0 Å². The summed E-state index contributed by atoms with van der Waals surface area (Å²) in [5, 5.41) is 2.64. The molecule has 1 amide bonds. The Morgan fingerprint density at radius 3 is 2.52 bits per heavy atom. The van der Waals surface area contributed by atoms with E-state index in [4.69, 9.17) is 5.73 Å². The molecule has 2 aromatic rings. The summed E-state index contributed by atoms with van der Waals surface area (Å²) in [7, 11) is -3.32. The quantitative estimate of drug-likeness (QED) is 0.815. The summed E-state index contributed by atoms with van der Waals surface area (Å²) in [4.78, 5) is 12.3. The third-order valence-corrected chi connectivity index (χ3v) is 4.61. The first-order chi connectivity index (χ1) is 9.77. The van der Waals surface area contributed by atoms with Crippen LogP contribution in [-0.2, 0) is 9.84 Å². The Morgan fingerprint density at radius 1 is 1.19 bits per heavy atom. The van der Waals surface area contributed by atoms with Gasteiger partial charge in [0.2, 0.25) is 0 Å². The molecule has 21 heavy (non-hydrogen) atoms. The molecular formula is C14H13BrN2O3S. The van der Waals surface area contributed by atoms with Gasteiger partial charge in [-0.1, -0.05) is 6.07 Å². The van der Waals surface area contributed by atoms with E-state index in [-0.39, 0.29) is 10.8 Å². The highest BCUT2D eigenvalue weighted by Crippen LogP contribution is 2.21. The van der Waals surface area contributed by atoms with Crippen LogP contribution in [0.15, 0.2) is 51.8 Å². The van der Waals surface area contributed by atoms with Gasteiger partial charge in [-0.15, -0.1) is 0 Å². The Hall–Kier alpha value is -1.86. The number of benzene rings is 2. The van der Waals surface area contributed by atoms with Crippen molar-refractivity contribution in [3.05, 3.63) is 52.5 Å². The van der Waals surface area contributed by atoms with E-state index in [1.54, 1.807) is 30.3 Å². The number of hydrogen-bond acceptors (Lipinski definition) is 4. The molecule has 110 valence electrons. The molecule has 2 aromatic carbocycles. The molecule has 0 radical (unpaired) electrons. The first-order valence-electron chi connectivity index (χ1n) is 5.94. The topological polar surface area (TPSA) is 89.3 Å². The molecule has 0 saturated carbocycles. The van der Waals surface area contributed by atoms with Gasteiger partial charge in [-0.25, -0.2) is 8.42 Å². The minimum Gasteiger partial charge on any atom is -0.398 e. The largest absolute Gasteiger partial charge is 0.398 e. The molecule has 0 saturated heterocycles. The monoisotopic (exact) mass is 368 g/mol. The van der Waals surface area contributed by atoms with Gasteiger partial charge < -0.3 is 11.1 Å². The van der Waals surface area contributed by atoms with Crippen molar-refractivity contribution in [3.8, 4) is 0 Å². The Kier molecular flexibility index (Phi) is 4.34. The summed E-state index contributed by atoms with van der Waals surface area (Å²) < 4.78 is 23.7. The Bertz CT molecular complexity index is 804. The zero-order valence-corrected chi connectivity index (χ0v) is 13.5. The maximum Gasteiger partial charge on any atom is 0.255 e. The minimum absolute atomic E-state index is 0.149. The zero-order valence-electron chi connectivity index (χ0n) is 11.1. The van der Waals surface area contributed by atoms with Gasteiger partial charge in [0.05, 0.1) is 4.90 Å². The van der Waals surface area contributed by atoms with E-state index in [2.05, 4.69) is 21.2 Å². The highest BCUT2D eigenvalue weighted by molar-refractivity contribution is 9.10. The highest BCUT2D eigenvalue weighted by Gasteiger charge is 2.11. The molecule has 0 aliphatic carbocycles. The summed E-state index contributed by atoms with van der Waals surface area (Å²) in [5.41, 5.74) is 6.97. The van der Waals surface area contributed by atoms with Crippen molar-refractivity contribution >= 4 is 43.0 Å². The molecule has 0 fully saturated rings. The molecule has 0 aliphatic rings. The second kappa shape index (κ2) is 5.87. The normalized spacial score (nSPS) is 11.1. The Morgan fingerprint density at radius 2 is 1.90 bits per heavy atom. The lowest BCUT2D eigenvalue weighted by molar-refractivity contribution is 0.102. The fourth-order valence-electron chi connectivity index (χ4n) is 1.69. The maximum absolute atomic E-state index is 12.1. The lowest BCUT2D eigenvalue weighted by Gasteiger charge is -2.08. The number of carbonyl (C=O) groups is 1. The number of anilines is 2. The number of halogens is 1. The van der Waals surface area contributed by atoms with E-state index in [9.17, 15) is 13.2 Å². The molecule has 3 N–H and O–H groups in total. The van der Waals surface area contributed by atoms with Gasteiger partial charge in [0.15, 0.2) is 9.84 Å². The van der Waals surface area contributed by atoms with Gasteiger partial charge in [-0.3, -0.25) is 4.79 Å². The predicted octanol–water partition coefficient (Wildman–Crippen LogP) is 2.69. The van der Waals surface area contributed by atoms with E-state index >= 15 is 0 Å². The molecule has 2 rings (SSSR count). The van der Waals surface area contributed by atoms with Gasteiger partial charge in [0.25, 0.3) is 5.91 Å². The second-order valence-corrected chi connectivity index (χ2v) is 7.36. The lowest BCUT2D eigenvalue weighted by atomic mass is 10.2. The van der Waals surface area contributed by atoms with Crippen molar-refractivity contribution in [1.29, 1.82) is 0 Å². The van der Waals surface area contributed by atoms with E-state index in [1.165, 1.54) is 12.1 Å². The number of sulfone groups is 1. The van der Waals surface area contributed by atoms with Gasteiger partial charge in [-0.2, -0.15) is 0 Å². The van der Waals surface area contributed by atoms with Crippen LogP contribution >= 0.6 is 15.9 Å². The smallest absolute Gasteiger partial charge is 0.255 e. The first-order valence-corrected chi connectivity index (χ1v) is 8.62. The van der Waals surface area contributed by atoms with Gasteiger partial charge >= 0.3 is 0 Å². The maximum atomic E-state index is 12.1. The molecule has 0 atom stereocenters. The average molecular weight is 369 g/mol. The number of rotatable bonds is 3. The van der Waals surface area contributed by atoms with Crippen molar-refractivity contribution in [1.82, 2.24) is 0 Å². The van der Waals surface area contributed by atoms with Crippen molar-refractivity contribution in [3.63, 3.8) is 0 Å². The predicted molar refractivity (Wildman–Crippen MR) is 86.1 cm³/mol. The molecule has 0 aliphatic heterocycles. The second-order valence-electron chi connectivity index (χ2n) is 4.49. The third kappa shape index (κ3) is 3.83. The molecule has 0 bridgehead atoms. The molecule has 5 nitrogen and oxygen atoms in total. The van der Waals surface area contributed by atoms with Crippen molar-refractivity contribution in [2.24, 2.45) is 0 Å². The van der Waals surface area contributed by atoms with Crippen LogP contribution in [0.3, 0.4) is 0 Å². The van der Waals surface area contributed by atoms with Crippen LogP contribution in [0.25, 0.3) is 0 Å². The molecule has 0 spiro atoms. The molecular weight excluding hydrogens is 356 g/mol. The van der Waals surface area contributed by atoms with Gasteiger partial charge in [-0.05, 0) is 52.3 Å². The fourth-order valence-corrected chi connectivity index (χ4v) is 2.61. The van der Waals surface area contributed by atoms with E-state index in [0.717, 1.165) is 6.26 Å². The summed E-state index contributed by atoms with van der Waals surface area (Å²) in [6.07, 6.45) is 1.11. The number of nitrogens with one attached hydrogen (secondary N) is 1. The lowest BCUT2D eigenvalue weighted by Crippen LogP contribution is -2.12. The minimum atomic E-state index is -3.32. The number of amides is 1.